The number of likely N-dealkylation sites (tertiary alicyclic amines) is 1. The van der Waals surface area contributed by atoms with Crippen molar-refractivity contribution in [2.24, 2.45) is 5.92 Å². The summed E-state index contributed by atoms with van der Waals surface area (Å²) in [4.78, 5) is 17.1. The molecule has 3 heterocycles. The van der Waals surface area contributed by atoms with E-state index in [9.17, 15) is 4.79 Å². The highest BCUT2D eigenvalue weighted by molar-refractivity contribution is 5.81. The van der Waals surface area contributed by atoms with Gasteiger partial charge in [0.25, 0.3) is 5.91 Å². The van der Waals surface area contributed by atoms with Crippen LogP contribution in [0.1, 0.15) is 18.4 Å². The van der Waals surface area contributed by atoms with E-state index in [1.54, 1.807) is 0 Å². The predicted molar refractivity (Wildman–Crippen MR) is 95.4 cm³/mol. The Hall–Kier alpha value is -1.43. The Bertz CT molecular complexity index is 574. The maximum absolute atomic E-state index is 12.7. The van der Waals surface area contributed by atoms with Crippen LogP contribution in [-0.4, -0.2) is 73.9 Å². The van der Waals surface area contributed by atoms with E-state index in [4.69, 9.17) is 9.47 Å². The van der Waals surface area contributed by atoms with Crippen LogP contribution < -0.4 is 0 Å². The van der Waals surface area contributed by atoms with E-state index in [2.05, 4.69) is 35.2 Å². The van der Waals surface area contributed by atoms with Gasteiger partial charge in [-0.3, -0.25) is 4.79 Å². The summed E-state index contributed by atoms with van der Waals surface area (Å²) >= 11 is 0. The normalized spacial score (nSPS) is 30.2. The number of carbonyl (C=O) groups excluding carboxylic acids is 1. The Balaban J connectivity index is 1.28. The largest absolute Gasteiger partial charge is 0.378 e. The molecule has 136 valence electrons. The Morgan fingerprint density at radius 1 is 1.12 bits per heavy atom. The minimum absolute atomic E-state index is 0.175. The van der Waals surface area contributed by atoms with Crippen molar-refractivity contribution in [2.45, 2.75) is 31.5 Å². The molecule has 1 amide bonds. The van der Waals surface area contributed by atoms with Gasteiger partial charge < -0.3 is 19.3 Å². The summed E-state index contributed by atoms with van der Waals surface area (Å²) in [5.74, 6) is 0.719. The topological polar surface area (TPSA) is 42.0 Å². The highest BCUT2D eigenvalue weighted by Gasteiger charge is 2.43. The number of benzene rings is 1. The number of amides is 1. The van der Waals surface area contributed by atoms with Crippen molar-refractivity contribution in [3.63, 3.8) is 0 Å². The lowest BCUT2D eigenvalue weighted by Crippen LogP contribution is -2.46. The zero-order chi connectivity index (χ0) is 17.1. The van der Waals surface area contributed by atoms with Crippen molar-refractivity contribution in [1.29, 1.82) is 0 Å². The first-order chi connectivity index (χ1) is 12.3. The number of hydrogen-bond donors (Lipinski definition) is 0. The van der Waals surface area contributed by atoms with E-state index >= 15 is 0 Å². The van der Waals surface area contributed by atoms with Gasteiger partial charge in [-0.2, -0.15) is 0 Å². The third-order valence-electron chi connectivity index (χ3n) is 5.79. The van der Waals surface area contributed by atoms with Crippen LogP contribution in [0.25, 0.3) is 0 Å². The Labute approximate surface area is 149 Å². The molecule has 3 saturated heterocycles. The zero-order valence-corrected chi connectivity index (χ0v) is 14.8. The van der Waals surface area contributed by atoms with Crippen LogP contribution in [-0.2, 0) is 20.7 Å². The van der Waals surface area contributed by atoms with E-state index in [0.29, 0.717) is 32.2 Å². The molecule has 25 heavy (non-hydrogen) atoms. The number of piperidine rings is 1. The molecule has 0 saturated carbocycles. The lowest BCUT2D eigenvalue weighted by Gasteiger charge is -2.34. The summed E-state index contributed by atoms with van der Waals surface area (Å²) in [6, 6.07) is 10.6. The first kappa shape index (κ1) is 17.0. The third kappa shape index (κ3) is 4.05. The van der Waals surface area contributed by atoms with E-state index in [1.807, 2.05) is 4.90 Å². The zero-order valence-electron chi connectivity index (χ0n) is 14.8. The summed E-state index contributed by atoms with van der Waals surface area (Å²) in [5, 5.41) is 0. The Kier molecular flexibility index (Phi) is 5.34. The molecule has 0 aliphatic carbocycles. The smallest absolute Gasteiger partial charge is 0.251 e. The van der Waals surface area contributed by atoms with Gasteiger partial charge in [-0.05, 0) is 37.3 Å². The molecule has 3 aliphatic heterocycles. The van der Waals surface area contributed by atoms with Gasteiger partial charge in [-0.25, -0.2) is 0 Å². The van der Waals surface area contributed by atoms with Crippen molar-refractivity contribution < 1.29 is 14.3 Å². The second-order valence-electron chi connectivity index (χ2n) is 7.42. The van der Waals surface area contributed by atoms with Gasteiger partial charge in [0, 0.05) is 26.2 Å². The average Bonchev–Trinajstić information content (AvgIpc) is 3.10. The van der Waals surface area contributed by atoms with Gasteiger partial charge in [0.2, 0.25) is 0 Å². The quantitative estimate of drug-likeness (QED) is 0.831. The fraction of sp³-hybridized carbons (Fsp3) is 0.650. The lowest BCUT2D eigenvalue weighted by molar-refractivity contribution is -0.147. The molecule has 0 N–H and O–H groups in total. The third-order valence-corrected chi connectivity index (χ3v) is 5.79. The molecule has 4 rings (SSSR count). The lowest BCUT2D eigenvalue weighted by atomic mass is 9.91. The van der Waals surface area contributed by atoms with Crippen molar-refractivity contribution in [1.82, 2.24) is 9.80 Å². The van der Waals surface area contributed by atoms with Gasteiger partial charge >= 0.3 is 0 Å². The monoisotopic (exact) mass is 344 g/mol. The minimum atomic E-state index is -0.234. The first-order valence-electron chi connectivity index (χ1n) is 9.58. The Morgan fingerprint density at radius 2 is 1.92 bits per heavy atom. The number of hydrogen-bond acceptors (Lipinski definition) is 4. The fourth-order valence-corrected chi connectivity index (χ4v) is 4.28. The van der Waals surface area contributed by atoms with Crippen LogP contribution in [0.3, 0.4) is 0 Å². The number of carbonyl (C=O) groups is 1. The number of ether oxygens (including phenoxy) is 2. The molecule has 1 aromatic rings. The fourth-order valence-electron chi connectivity index (χ4n) is 4.28. The van der Waals surface area contributed by atoms with Gasteiger partial charge in [0.1, 0.15) is 6.10 Å². The summed E-state index contributed by atoms with van der Waals surface area (Å²) in [5.41, 5.74) is 1.39. The first-order valence-corrected chi connectivity index (χ1v) is 9.58. The van der Waals surface area contributed by atoms with Gasteiger partial charge in [0.15, 0.2) is 0 Å². The van der Waals surface area contributed by atoms with Crippen LogP contribution in [0.2, 0.25) is 0 Å². The standard InChI is InChI=1S/C20H28N2O3/c23-20(22-10-12-24-13-11-22)18-14-17-7-9-21(15-19(17)25-18)8-6-16-4-2-1-3-5-16/h1-5,17-19H,6-15H2/t17-,18+,19-/m1/s1. The number of fused-ring (bicyclic) bond motifs is 1. The van der Waals surface area contributed by atoms with Gasteiger partial charge in [-0.1, -0.05) is 30.3 Å². The van der Waals surface area contributed by atoms with Crippen molar-refractivity contribution in [3.05, 3.63) is 35.9 Å². The summed E-state index contributed by atoms with van der Waals surface area (Å²) < 4.78 is 11.5. The van der Waals surface area contributed by atoms with Crippen LogP contribution >= 0.6 is 0 Å². The molecule has 5 heteroatoms. The maximum atomic E-state index is 12.7. The minimum Gasteiger partial charge on any atom is -0.378 e. The van der Waals surface area contributed by atoms with Crippen molar-refractivity contribution >= 4 is 5.91 Å². The van der Waals surface area contributed by atoms with E-state index in [0.717, 1.165) is 38.9 Å². The van der Waals surface area contributed by atoms with Crippen LogP contribution in [0, 0.1) is 5.92 Å². The molecule has 1 aromatic carbocycles. The molecule has 0 aromatic heterocycles. The van der Waals surface area contributed by atoms with Crippen LogP contribution in [0.5, 0.6) is 0 Å². The second kappa shape index (κ2) is 7.85. The average molecular weight is 344 g/mol. The molecular formula is C20H28N2O3. The molecular weight excluding hydrogens is 316 g/mol. The van der Waals surface area contributed by atoms with Crippen LogP contribution in [0.4, 0.5) is 0 Å². The number of nitrogens with zero attached hydrogens (tertiary/aromatic N) is 2. The van der Waals surface area contributed by atoms with Crippen molar-refractivity contribution in [2.75, 3.05) is 45.9 Å². The highest BCUT2D eigenvalue weighted by Crippen LogP contribution is 2.34. The van der Waals surface area contributed by atoms with Crippen molar-refractivity contribution in [3.8, 4) is 0 Å². The molecule has 0 radical (unpaired) electrons. The number of rotatable bonds is 4. The molecule has 3 fully saturated rings. The molecule has 0 unspecified atom stereocenters. The molecule has 0 bridgehead atoms. The van der Waals surface area contributed by atoms with Crippen LogP contribution in [0.15, 0.2) is 30.3 Å². The van der Waals surface area contributed by atoms with Gasteiger partial charge in [-0.15, -0.1) is 0 Å². The summed E-state index contributed by atoms with van der Waals surface area (Å²) in [7, 11) is 0. The Morgan fingerprint density at radius 3 is 2.72 bits per heavy atom. The highest BCUT2D eigenvalue weighted by atomic mass is 16.5. The number of morpholine rings is 1. The van der Waals surface area contributed by atoms with E-state index in [-0.39, 0.29) is 18.1 Å². The predicted octanol–water partition coefficient (Wildman–Crippen LogP) is 1.57. The molecule has 3 atom stereocenters. The molecule has 0 spiro atoms. The van der Waals surface area contributed by atoms with Gasteiger partial charge in [0.05, 0.1) is 19.3 Å². The maximum Gasteiger partial charge on any atom is 0.251 e. The molecule has 5 nitrogen and oxygen atoms in total. The van der Waals surface area contributed by atoms with E-state index in [1.165, 1.54) is 5.56 Å². The SMILES string of the molecule is O=C([C@@H]1C[C@H]2CCN(CCc3ccccc3)C[C@H]2O1)N1CCOCC1. The van der Waals surface area contributed by atoms with E-state index < -0.39 is 0 Å². The summed E-state index contributed by atoms with van der Waals surface area (Å²) in [6.45, 7) is 5.87. The molecule has 3 aliphatic rings. The summed E-state index contributed by atoms with van der Waals surface area (Å²) in [6.07, 6.45) is 3.11. The second-order valence-corrected chi connectivity index (χ2v) is 7.42.